The molecule has 0 spiro atoms. The van der Waals surface area contributed by atoms with Gasteiger partial charge in [-0.1, -0.05) is 36.4 Å². The van der Waals surface area contributed by atoms with E-state index in [1.54, 1.807) is 0 Å². The van der Waals surface area contributed by atoms with Crippen LogP contribution in [0.15, 0.2) is 85.5 Å². The van der Waals surface area contributed by atoms with Gasteiger partial charge in [0.15, 0.2) is 0 Å². The fraction of sp³-hybridized carbons (Fsp3) is 0.0645. The van der Waals surface area contributed by atoms with Crippen LogP contribution in [0.25, 0.3) is 60.6 Å². The van der Waals surface area contributed by atoms with Gasteiger partial charge < -0.3 is 0 Å². The molecule has 4 nitrogen and oxygen atoms in total. The average molecular weight is 447 g/mol. The summed E-state index contributed by atoms with van der Waals surface area (Å²) in [6.45, 7) is 0. The summed E-state index contributed by atoms with van der Waals surface area (Å²) in [4.78, 5) is 13.9. The molecule has 4 aromatic heterocycles. The second-order valence-corrected chi connectivity index (χ2v) is 9.72. The van der Waals surface area contributed by atoms with Crippen molar-refractivity contribution in [2.24, 2.45) is 0 Å². The Balaban J connectivity index is 1.41. The largest absolute Gasteiger partial charge is 0.289 e. The molecule has 0 aliphatic heterocycles. The Labute approximate surface area is 200 Å². The molecular weight excluding hydrogens is 428 g/mol. The van der Waals surface area contributed by atoms with Crippen LogP contribution in [0.2, 0.25) is 0 Å². The van der Waals surface area contributed by atoms with Crippen molar-refractivity contribution < 1.29 is 0 Å². The zero-order valence-corrected chi connectivity index (χ0v) is 18.8. The molecule has 0 radical (unpaired) electrons. The van der Waals surface area contributed by atoms with Crippen LogP contribution in [0.3, 0.4) is 0 Å². The van der Waals surface area contributed by atoms with Crippen molar-refractivity contribution >= 4 is 38.4 Å². The van der Waals surface area contributed by atoms with E-state index in [4.69, 9.17) is 4.98 Å². The van der Waals surface area contributed by atoms with Crippen molar-refractivity contribution in [1.29, 1.82) is 0 Å². The van der Waals surface area contributed by atoms with Crippen LogP contribution in [0, 0.1) is 0 Å². The third-order valence-electron chi connectivity index (χ3n) is 8.00. The second kappa shape index (κ2) is 6.10. The second-order valence-electron chi connectivity index (χ2n) is 9.72. The predicted molar refractivity (Wildman–Crippen MR) is 140 cm³/mol. The smallest absolute Gasteiger partial charge is 0.146 e. The van der Waals surface area contributed by atoms with Crippen LogP contribution in [0.1, 0.15) is 22.3 Å². The predicted octanol–water partition coefficient (Wildman–Crippen LogP) is 6.73. The Hall–Kier alpha value is -4.57. The summed E-state index contributed by atoms with van der Waals surface area (Å²) in [5.74, 6) is 0. The highest BCUT2D eigenvalue weighted by atomic mass is 15.0. The topological polar surface area (TPSA) is 43.1 Å². The molecule has 35 heavy (non-hydrogen) atoms. The first-order chi connectivity index (χ1) is 17.3. The number of fused-ring (bicyclic) bond motifs is 15. The molecule has 7 aromatic rings. The lowest BCUT2D eigenvalue weighted by Gasteiger charge is -2.12. The van der Waals surface area contributed by atoms with Gasteiger partial charge >= 0.3 is 0 Å². The monoisotopic (exact) mass is 446 g/mol. The molecule has 0 atom stereocenters. The molecule has 0 unspecified atom stereocenters. The Morgan fingerprint density at radius 1 is 0.629 bits per heavy atom. The minimum atomic E-state index is 0.956. The molecule has 2 aliphatic rings. The van der Waals surface area contributed by atoms with E-state index in [2.05, 4.69) is 69.0 Å². The molecular formula is C31H18N4. The van der Waals surface area contributed by atoms with E-state index in [1.165, 1.54) is 60.7 Å². The van der Waals surface area contributed by atoms with Crippen molar-refractivity contribution in [2.45, 2.75) is 12.8 Å². The molecule has 4 heterocycles. The van der Waals surface area contributed by atoms with E-state index >= 15 is 0 Å². The number of rotatable bonds is 0. The lowest BCUT2D eigenvalue weighted by Crippen LogP contribution is -1.94. The third kappa shape index (κ3) is 2.15. The van der Waals surface area contributed by atoms with Gasteiger partial charge in [0.05, 0.1) is 28.9 Å². The van der Waals surface area contributed by atoms with Crippen molar-refractivity contribution in [3.63, 3.8) is 0 Å². The summed E-state index contributed by atoms with van der Waals surface area (Å²) in [6, 6.07) is 22.4. The zero-order valence-electron chi connectivity index (χ0n) is 18.8. The number of benzene rings is 3. The van der Waals surface area contributed by atoms with Crippen LogP contribution in [-0.2, 0) is 12.8 Å². The molecule has 0 fully saturated rings. The normalized spacial score (nSPS) is 13.5. The highest BCUT2D eigenvalue weighted by Crippen LogP contribution is 2.49. The SMILES string of the molecule is c1ccc2c(c1)Cc1c-2ccc2c1-c1cc3c4ccncc4n4c5cnccc5nc4c3cc1C2. The van der Waals surface area contributed by atoms with Crippen LogP contribution >= 0.6 is 0 Å². The van der Waals surface area contributed by atoms with Gasteiger partial charge in [0, 0.05) is 23.2 Å². The summed E-state index contributed by atoms with van der Waals surface area (Å²) in [6.07, 6.45) is 9.52. The van der Waals surface area contributed by atoms with Gasteiger partial charge in [-0.25, -0.2) is 4.98 Å². The van der Waals surface area contributed by atoms with E-state index in [9.17, 15) is 0 Å². The molecule has 0 bridgehead atoms. The lowest BCUT2D eigenvalue weighted by atomic mass is 9.93. The standard InChI is InChI=1S/C31H18N4/c1-2-4-20-17(3-1)12-25-21(20)6-5-18-11-19-13-26-24(14-23(19)30(18)25)22-7-9-32-15-28(22)35-29-16-33-10-8-27(29)34-31(26)35/h1-10,13-16H,11-12H2. The molecule has 9 rings (SSSR count). The Morgan fingerprint density at radius 2 is 1.51 bits per heavy atom. The van der Waals surface area contributed by atoms with Gasteiger partial charge in [0.2, 0.25) is 0 Å². The number of pyridine rings is 3. The quantitative estimate of drug-likeness (QED) is 0.243. The molecule has 2 aliphatic carbocycles. The molecule has 0 amide bonds. The number of imidazole rings is 1. The van der Waals surface area contributed by atoms with E-state index in [-0.39, 0.29) is 0 Å². The first kappa shape index (κ1) is 17.8. The summed E-state index contributed by atoms with van der Waals surface area (Å²) in [5, 5.41) is 3.61. The van der Waals surface area contributed by atoms with Gasteiger partial charge in [-0.2, -0.15) is 0 Å². The van der Waals surface area contributed by atoms with Gasteiger partial charge in [0.25, 0.3) is 0 Å². The maximum Gasteiger partial charge on any atom is 0.146 e. The number of hydrogen-bond acceptors (Lipinski definition) is 3. The van der Waals surface area contributed by atoms with Gasteiger partial charge in [-0.3, -0.25) is 14.4 Å². The van der Waals surface area contributed by atoms with Crippen LogP contribution in [-0.4, -0.2) is 19.4 Å². The van der Waals surface area contributed by atoms with Crippen LogP contribution < -0.4 is 0 Å². The number of aromatic nitrogens is 4. The minimum absolute atomic E-state index is 0.956. The summed E-state index contributed by atoms with van der Waals surface area (Å²) >= 11 is 0. The maximum absolute atomic E-state index is 5.05. The molecule has 0 saturated heterocycles. The minimum Gasteiger partial charge on any atom is -0.289 e. The van der Waals surface area contributed by atoms with E-state index < -0.39 is 0 Å². The van der Waals surface area contributed by atoms with Gasteiger partial charge in [-0.15, -0.1) is 0 Å². The maximum atomic E-state index is 5.05. The first-order valence-electron chi connectivity index (χ1n) is 12.0. The summed E-state index contributed by atoms with van der Waals surface area (Å²) < 4.78 is 2.22. The highest BCUT2D eigenvalue weighted by Gasteiger charge is 2.29. The summed E-state index contributed by atoms with van der Waals surface area (Å²) in [5.41, 5.74) is 15.3. The summed E-state index contributed by atoms with van der Waals surface area (Å²) in [7, 11) is 0. The number of hydrogen-bond donors (Lipinski definition) is 0. The Bertz CT molecular complexity index is 2070. The van der Waals surface area contributed by atoms with Crippen LogP contribution in [0.4, 0.5) is 0 Å². The highest BCUT2D eigenvalue weighted by molar-refractivity contribution is 6.15. The Kier molecular flexibility index (Phi) is 3.11. The zero-order chi connectivity index (χ0) is 22.7. The van der Waals surface area contributed by atoms with Crippen molar-refractivity contribution in [2.75, 3.05) is 0 Å². The van der Waals surface area contributed by atoms with Crippen LogP contribution in [0.5, 0.6) is 0 Å². The molecule has 162 valence electrons. The molecule has 0 saturated carbocycles. The van der Waals surface area contributed by atoms with Crippen molar-refractivity contribution in [1.82, 2.24) is 19.4 Å². The first-order valence-corrected chi connectivity index (χ1v) is 12.0. The van der Waals surface area contributed by atoms with Gasteiger partial charge in [-0.05, 0) is 87.0 Å². The fourth-order valence-corrected chi connectivity index (χ4v) is 6.52. The lowest BCUT2D eigenvalue weighted by molar-refractivity contribution is 1.23. The fourth-order valence-electron chi connectivity index (χ4n) is 6.52. The third-order valence-corrected chi connectivity index (χ3v) is 8.00. The average Bonchev–Trinajstić information content (AvgIpc) is 3.58. The Morgan fingerprint density at radius 3 is 2.49 bits per heavy atom. The van der Waals surface area contributed by atoms with Gasteiger partial charge in [0.1, 0.15) is 5.65 Å². The van der Waals surface area contributed by atoms with E-state index in [1.807, 2.05) is 30.9 Å². The molecule has 3 aromatic carbocycles. The van der Waals surface area contributed by atoms with E-state index in [0.717, 1.165) is 35.0 Å². The van der Waals surface area contributed by atoms with E-state index in [0.29, 0.717) is 0 Å². The van der Waals surface area contributed by atoms with Crippen molar-refractivity contribution in [3.8, 4) is 22.3 Å². The number of nitrogens with zero attached hydrogens (tertiary/aromatic N) is 4. The van der Waals surface area contributed by atoms with Crippen molar-refractivity contribution in [3.05, 3.63) is 108 Å². The molecule has 4 heteroatoms. The molecule has 0 N–H and O–H groups in total.